The average molecular weight is 257 g/mol. The number of amides is 1. The van der Waals surface area contributed by atoms with Crippen molar-refractivity contribution >= 4 is 17.3 Å². The fourth-order valence-corrected chi connectivity index (χ4v) is 1.78. The van der Waals surface area contributed by atoms with Crippen LogP contribution in [-0.4, -0.2) is 10.9 Å². The molecule has 19 heavy (non-hydrogen) atoms. The molecule has 98 valence electrons. The zero-order chi connectivity index (χ0) is 13.1. The van der Waals surface area contributed by atoms with Crippen molar-refractivity contribution in [2.45, 2.75) is 19.4 Å². The summed E-state index contributed by atoms with van der Waals surface area (Å²) in [4.78, 5) is 15.4. The molecule has 1 heterocycles. The molecule has 1 fully saturated rings. The number of oxazole rings is 1. The molecule has 1 amide bonds. The number of nitrogens with one attached hydrogen (secondary N) is 2. The number of nitrogens with zero attached hydrogens (tertiary/aromatic N) is 1. The molecule has 3 rings (SSSR count). The van der Waals surface area contributed by atoms with Gasteiger partial charge in [0.2, 0.25) is 5.91 Å². The van der Waals surface area contributed by atoms with Crippen LogP contribution in [0.15, 0.2) is 41.3 Å². The minimum atomic E-state index is 0.127. The van der Waals surface area contributed by atoms with E-state index < -0.39 is 0 Å². The molecule has 0 bridgehead atoms. The second-order valence-corrected chi connectivity index (χ2v) is 4.66. The van der Waals surface area contributed by atoms with Crippen molar-refractivity contribution in [1.82, 2.24) is 4.98 Å². The number of anilines is 2. The maximum Gasteiger partial charge on any atom is 0.227 e. The number of benzene rings is 1. The first-order valence-electron chi connectivity index (χ1n) is 6.33. The highest BCUT2D eigenvalue weighted by atomic mass is 16.3. The van der Waals surface area contributed by atoms with E-state index in [1.54, 1.807) is 6.20 Å². The molecule has 1 aliphatic carbocycles. The highest BCUT2D eigenvalue weighted by molar-refractivity contribution is 5.94. The SMILES string of the molecule is O=C(Nc1ccc(NCc2cnco2)cc1)C1CC1. The summed E-state index contributed by atoms with van der Waals surface area (Å²) in [5.41, 5.74) is 1.81. The van der Waals surface area contributed by atoms with Gasteiger partial charge in [-0.1, -0.05) is 0 Å². The summed E-state index contributed by atoms with van der Waals surface area (Å²) in [7, 11) is 0. The number of hydrogen-bond acceptors (Lipinski definition) is 4. The van der Waals surface area contributed by atoms with Crippen molar-refractivity contribution in [3.63, 3.8) is 0 Å². The molecule has 1 aromatic carbocycles. The summed E-state index contributed by atoms with van der Waals surface area (Å²) >= 11 is 0. The monoisotopic (exact) mass is 257 g/mol. The zero-order valence-corrected chi connectivity index (χ0v) is 10.4. The van der Waals surface area contributed by atoms with E-state index in [0.29, 0.717) is 6.54 Å². The van der Waals surface area contributed by atoms with Crippen LogP contribution < -0.4 is 10.6 Å². The van der Waals surface area contributed by atoms with Gasteiger partial charge in [0.15, 0.2) is 6.39 Å². The fraction of sp³-hybridized carbons (Fsp3) is 0.286. The summed E-state index contributed by atoms with van der Waals surface area (Å²) in [6, 6.07) is 7.64. The molecule has 0 radical (unpaired) electrons. The molecule has 0 aliphatic heterocycles. The average Bonchev–Trinajstić information content (AvgIpc) is 3.16. The molecule has 0 spiro atoms. The van der Waals surface area contributed by atoms with E-state index in [-0.39, 0.29) is 11.8 Å². The number of carbonyl (C=O) groups excluding carboxylic acids is 1. The van der Waals surface area contributed by atoms with Crippen LogP contribution in [-0.2, 0) is 11.3 Å². The van der Waals surface area contributed by atoms with Gasteiger partial charge in [0, 0.05) is 17.3 Å². The Labute approximate surface area is 111 Å². The lowest BCUT2D eigenvalue weighted by Gasteiger charge is -2.07. The molecule has 0 atom stereocenters. The highest BCUT2D eigenvalue weighted by Gasteiger charge is 2.29. The van der Waals surface area contributed by atoms with Gasteiger partial charge in [-0.3, -0.25) is 4.79 Å². The van der Waals surface area contributed by atoms with Crippen molar-refractivity contribution in [1.29, 1.82) is 0 Å². The standard InChI is InChI=1S/C14H15N3O2/c18-14(10-1-2-10)17-12-5-3-11(4-6-12)16-8-13-7-15-9-19-13/h3-7,9-10,16H,1-2,8H2,(H,17,18). The first kappa shape index (κ1) is 11.8. The first-order valence-corrected chi connectivity index (χ1v) is 6.33. The topological polar surface area (TPSA) is 67.2 Å². The Morgan fingerprint density at radius 2 is 2.00 bits per heavy atom. The summed E-state index contributed by atoms with van der Waals surface area (Å²) in [5.74, 6) is 1.14. The molecule has 1 saturated carbocycles. The van der Waals surface area contributed by atoms with E-state index in [9.17, 15) is 4.79 Å². The van der Waals surface area contributed by atoms with Crippen LogP contribution in [0.4, 0.5) is 11.4 Å². The van der Waals surface area contributed by atoms with Crippen LogP contribution in [0.1, 0.15) is 18.6 Å². The Bertz CT molecular complexity index is 545. The third kappa shape index (κ3) is 3.13. The largest absolute Gasteiger partial charge is 0.447 e. The van der Waals surface area contributed by atoms with Crippen LogP contribution in [0, 0.1) is 5.92 Å². The summed E-state index contributed by atoms with van der Waals surface area (Å²) in [6.07, 6.45) is 5.12. The molecule has 5 heteroatoms. The highest BCUT2D eigenvalue weighted by Crippen LogP contribution is 2.30. The normalized spacial score (nSPS) is 14.1. The lowest BCUT2D eigenvalue weighted by molar-refractivity contribution is -0.117. The van der Waals surface area contributed by atoms with Gasteiger partial charge in [0.05, 0.1) is 12.7 Å². The van der Waals surface area contributed by atoms with Crippen LogP contribution in [0.2, 0.25) is 0 Å². The van der Waals surface area contributed by atoms with Crippen LogP contribution >= 0.6 is 0 Å². The lowest BCUT2D eigenvalue weighted by atomic mass is 10.2. The van der Waals surface area contributed by atoms with Crippen LogP contribution in [0.25, 0.3) is 0 Å². The predicted octanol–water partition coefficient (Wildman–Crippen LogP) is 2.64. The number of carbonyl (C=O) groups is 1. The molecule has 1 aromatic heterocycles. The van der Waals surface area contributed by atoms with Gasteiger partial charge >= 0.3 is 0 Å². The van der Waals surface area contributed by atoms with Gasteiger partial charge in [0.1, 0.15) is 5.76 Å². The van der Waals surface area contributed by atoms with Crippen molar-refractivity contribution in [2.75, 3.05) is 10.6 Å². The maximum atomic E-state index is 11.6. The van der Waals surface area contributed by atoms with Gasteiger partial charge < -0.3 is 15.1 Å². The van der Waals surface area contributed by atoms with Gasteiger partial charge in [-0.2, -0.15) is 0 Å². The molecule has 0 saturated heterocycles. The summed E-state index contributed by atoms with van der Waals surface area (Å²) < 4.78 is 5.13. The smallest absolute Gasteiger partial charge is 0.227 e. The second-order valence-electron chi connectivity index (χ2n) is 4.66. The molecule has 2 N–H and O–H groups in total. The van der Waals surface area contributed by atoms with E-state index >= 15 is 0 Å². The number of aromatic nitrogens is 1. The Morgan fingerprint density at radius 3 is 2.63 bits per heavy atom. The molecular weight excluding hydrogens is 242 g/mol. The van der Waals surface area contributed by atoms with Crippen molar-refractivity contribution < 1.29 is 9.21 Å². The van der Waals surface area contributed by atoms with E-state index in [1.165, 1.54) is 6.39 Å². The Hall–Kier alpha value is -2.30. The Morgan fingerprint density at radius 1 is 1.26 bits per heavy atom. The van der Waals surface area contributed by atoms with E-state index in [2.05, 4.69) is 15.6 Å². The minimum absolute atomic E-state index is 0.127. The van der Waals surface area contributed by atoms with E-state index in [1.807, 2.05) is 24.3 Å². The Kier molecular flexibility index (Phi) is 3.18. The zero-order valence-electron chi connectivity index (χ0n) is 10.4. The fourth-order valence-electron chi connectivity index (χ4n) is 1.78. The van der Waals surface area contributed by atoms with Gasteiger partial charge in [-0.05, 0) is 37.1 Å². The third-order valence-electron chi connectivity index (χ3n) is 3.05. The van der Waals surface area contributed by atoms with Crippen LogP contribution in [0.3, 0.4) is 0 Å². The second kappa shape index (κ2) is 5.14. The summed E-state index contributed by atoms with van der Waals surface area (Å²) in [5, 5.41) is 6.12. The lowest BCUT2D eigenvalue weighted by Crippen LogP contribution is -2.13. The minimum Gasteiger partial charge on any atom is -0.447 e. The number of rotatable bonds is 5. The predicted molar refractivity (Wildman–Crippen MR) is 71.6 cm³/mol. The first-order chi connectivity index (χ1) is 9.31. The van der Waals surface area contributed by atoms with Gasteiger partial charge in [0.25, 0.3) is 0 Å². The van der Waals surface area contributed by atoms with Crippen LogP contribution in [0.5, 0.6) is 0 Å². The van der Waals surface area contributed by atoms with Gasteiger partial charge in [-0.15, -0.1) is 0 Å². The van der Waals surface area contributed by atoms with E-state index in [4.69, 9.17) is 4.42 Å². The molecule has 2 aromatic rings. The van der Waals surface area contributed by atoms with Crippen molar-refractivity contribution in [2.24, 2.45) is 5.92 Å². The molecule has 0 unspecified atom stereocenters. The molecular formula is C14H15N3O2. The maximum absolute atomic E-state index is 11.6. The Balaban J connectivity index is 1.54. The summed E-state index contributed by atoms with van der Waals surface area (Å²) in [6.45, 7) is 0.591. The van der Waals surface area contributed by atoms with Gasteiger partial charge in [-0.25, -0.2) is 4.98 Å². The van der Waals surface area contributed by atoms with E-state index in [0.717, 1.165) is 30.0 Å². The third-order valence-corrected chi connectivity index (χ3v) is 3.05. The van der Waals surface area contributed by atoms with Crippen molar-refractivity contribution in [3.05, 3.63) is 42.6 Å². The van der Waals surface area contributed by atoms with Crippen molar-refractivity contribution in [3.8, 4) is 0 Å². The molecule has 1 aliphatic rings. The molecule has 5 nitrogen and oxygen atoms in total. The number of hydrogen-bond donors (Lipinski definition) is 2. The quantitative estimate of drug-likeness (QED) is 0.864.